The molecule has 0 spiro atoms. The van der Waals surface area contributed by atoms with E-state index in [-0.39, 0.29) is 0 Å². The summed E-state index contributed by atoms with van der Waals surface area (Å²) in [6.45, 7) is 0. The zero-order valence-electron chi connectivity index (χ0n) is 22.8. The van der Waals surface area contributed by atoms with Crippen molar-refractivity contribution in [1.82, 2.24) is 4.57 Å². The number of aromatic nitrogens is 1. The summed E-state index contributed by atoms with van der Waals surface area (Å²) in [5, 5.41) is 6.35. The number of anilines is 3. The van der Waals surface area contributed by atoms with Gasteiger partial charge in [-0.1, -0.05) is 115 Å². The Bertz CT molecular complexity index is 2400. The molecule has 7 aromatic carbocycles. The van der Waals surface area contributed by atoms with Crippen LogP contribution in [0, 0.1) is 0 Å². The third kappa shape index (κ3) is 2.74. The highest BCUT2D eigenvalue weighted by Gasteiger charge is 2.31. The molecule has 10 rings (SSSR count). The van der Waals surface area contributed by atoms with Crippen molar-refractivity contribution in [3.8, 4) is 39.1 Å². The molecular formula is C40H24N2. The summed E-state index contributed by atoms with van der Waals surface area (Å²) in [7, 11) is 0. The molecule has 0 bridgehead atoms. The summed E-state index contributed by atoms with van der Waals surface area (Å²) in [6.07, 6.45) is 0. The van der Waals surface area contributed by atoms with Gasteiger partial charge in [0.05, 0.1) is 22.6 Å². The summed E-state index contributed by atoms with van der Waals surface area (Å²) in [5.41, 5.74) is 12.6. The van der Waals surface area contributed by atoms with E-state index in [1.54, 1.807) is 0 Å². The van der Waals surface area contributed by atoms with Gasteiger partial charge in [-0.2, -0.15) is 0 Å². The van der Waals surface area contributed by atoms with E-state index in [1.165, 1.54) is 82.9 Å². The average Bonchev–Trinajstić information content (AvgIpc) is 3.55. The molecule has 194 valence electrons. The van der Waals surface area contributed by atoms with Crippen LogP contribution in [0.2, 0.25) is 0 Å². The molecule has 8 aromatic rings. The minimum Gasteiger partial charge on any atom is -0.295 e. The van der Waals surface area contributed by atoms with Crippen molar-refractivity contribution in [2.45, 2.75) is 0 Å². The van der Waals surface area contributed by atoms with Crippen molar-refractivity contribution in [2.75, 3.05) is 4.90 Å². The van der Waals surface area contributed by atoms with E-state index in [1.807, 2.05) is 0 Å². The lowest BCUT2D eigenvalue weighted by Crippen LogP contribution is -2.13. The first-order valence-corrected chi connectivity index (χ1v) is 14.5. The fraction of sp³-hybridized carbons (Fsp3) is 0. The number of fused-ring (bicyclic) bond motifs is 12. The fourth-order valence-electron chi connectivity index (χ4n) is 7.53. The Morgan fingerprint density at radius 1 is 0.381 bits per heavy atom. The maximum Gasteiger partial charge on any atom is 0.123 e. The van der Waals surface area contributed by atoms with Gasteiger partial charge in [0.25, 0.3) is 0 Å². The molecule has 42 heavy (non-hydrogen) atoms. The third-order valence-corrected chi connectivity index (χ3v) is 9.25. The molecule has 0 saturated heterocycles. The highest BCUT2D eigenvalue weighted by atomic mass is 15.3. The predicted molar refractivity (Wildman–Crippen MR) is 176 cm³/mol. The van der Waals surface area contributed by atoms with Crippen molar-refractivity contribution in [3.63, 3.8) is 0 Å². The predicted octanol–water partition coefficient (Wildman–Crippen LogP) is 11.0. The molecule has 2 heteroatoms. The highest BCUT2D eigenvalue weighted by Crippen LogP contribution is 2.55. The lowest BCUT2D eigenvalue weighted by molar-refractivity contribution is 1.09. The topological polar surface area (TPSA) is 8.17 Å². The van der Waals surface area contributed by atoms with Gasteiger partial charge in [0.15, 0.2) is 0 Å². The maximum absolute atomic E-state index is 2.51. The van der Waals surface area contributed by atoms with E-state index >= 15 is 0 Å². The molecule has 0 unspecified atom stereocenters. The van der Waals surface area contributed by atoms with Crippen LogP contribution in [0.5, 0.6) is 0 Å². The van der Waals surface area contributed by atoms with E-state index in [0.717, 1.165) is 5.82 Å². The number of benzene rings is 7. The Morgan fingerprint density at radius 2 is 1.02 bits per heavy atom. The van der Waals surface area contributed by atoms with E-state index in [0.29, 0.717) is 0 Å². The molecule has 2 nitrogen and oxygen atoms in total. The standard InChI is InChI=1S/C40H24N2/c1-3-12-27-25(10-1)20-22-37-40(27)33-15-6-8-19-35(33)41-34-18-7-2-11-26(34)24-38(41)42(37)36-23-21-31-29-14-5-4-13-28(29)30-16-9-17-32(36)39(30)31/h1-24H. The normalized spacial score (nSPS) is 12.7. The zero-order valence-corrected chi connectivity index (χ0v) is 22.8. The van der Waals surface area contributed by atoms with Crippen LogP contribution < -0.4 is 4.90 Å². The van der Waals surface area contributed by atoms with Gasteiger partial charge >= 0.3 is 0 Å². The lowest BCUT2D eigenvalue weighted by atomic mass is 9.94. The van der Waals surface area contributed by atoms with Crippen LogP contribution in [0.3, 0.4) is 0 Å². The third-order valence-electron chi connectivity index (χ3n) is 9.25. The van der Waals surface area contributed by atoms with Gasteiger partial charge in [0, 0.05) is 21.9 Å². The van der Waals surface area contributed by atoms with Gasteiger partial charge in [-0.05, 0) is 68.7 Å². The number of hydrogen-bond acceptors (Lipinski definition) is 1. The van der Waals surface area contributed by atoms with Gasteiger partial charge < -0.3 is 0 Å². The van der Waals surface area contributed by atoms with Crippen LogP contribution in [0.25, 0.3) is 71.5 Å². The summed E-state index contributed by atoms with van der Waals surface area (Å²) in [6, 6.07) is 53.6. The molecule has 0 amide bonds. The smallest absolute Gasteiger partial charge is 0.123 e. The van der Waals surface area contributed by atoms with Crippen LogP contribution >= 0.6 is 0 Å². The maximum atomic E-state index is 2.51. The van der Waals surface area contributed by atoms with Gasteiger partial charge in [-0.25, -0.2) is 0 Å². The van der Waals surface area contributed by atoms with E-state index in [9.17, 15) is 0 Å². The molecule has 0 radical (unpaired) electrons. The van der Waals surface area contributed by atoms with Crippen LogP contribution in [-0.2, 0) is 0 Å². The van der Waals surface area contributed by atoms with Crippen LogP contribution in [0.4, 0.5) is 17.2 Å². The van der Waals surface area contributed by atoms with Gasteiger partial charge in [-0.15, -0.1) is 0 Å². The first-order chi connectivity index (χ1) is 20.9. The van der Waals surface area contributed by atoms with Crippen molar-refractivity contribution in [3.05, 3.63) is 146 Å². The Hall–Kier alpha value is -5.60. The van der Waals surface area contributed by atoms with Crippen LogP contribution in [0.15, 0.2) is 146 Å². The van der Waals surface area contributed by atoms with Crippen molar-refractivity contribution in [2.24, 2.45) is 0 Å². The summed E-state index contributed by atoms with van der Waals surface area (Å²) in [4.78, 5) is 2.51. The monoisotopic (exact) mass is 532 g/mol. The highest BCUT2D eigenvalue weighted by molar-refractivity contribution is 6.20. The van der Waals surface area contributed by atoms with Crippen LogP contribution in [-0.4, -0.2) is 4.57 Å². The van der Waals surface area contributed by atoms with Crippen LogP contribution in [0.1, 0.15) is 0 Å². The second-order valence-electron chi connectivity index (χ2n) is 11.3. The van der Waals surface area contributed by atoms with Gasteiger partial charge in [-0.3, -0.25) is 9.47 Å². The average molecular weight is 533 g/mol. The molecule has 0 N–H and O–H groups in total. The van der Waals surface area contributed by atoms with Crippen molar-refractivity contribution in [1.29, 1.82) is 0 Å². The summed E-state index contributed by atoms with van der Waals surface area (Å²) >= 11 is 0. The molecule has 0 fully saturated rings. The number of nitrogens with zero attached hydrogens (tertiary/aromatic N) is 2. The van der Waals surface area contributed by atoms with Gasteiger partial charge in [0.2, 0.25) is 0 Å². The van der Waals surface area contributed by atoms with E-state index < -0.39 is 0 Å². The molecule has 1 aromatic heterocycles. The SMILES string of the molecule is c1ccc2c(c1)-c1cccc3c(N4c5ccc6ccccc6c5-c5ccccc5-n5c4cc4ccccc45)ccc-2c13. The molecule has 2 heterocycles. The Labute approximate surface area is 243 Å². The molecule has 0 saturated carbocycles. The second kappa shape index (κ2) is 7.99. The molecular weight excluding hydrogens is 508 g/mol. The lowest BCUT2D eigenvalue weighted by Gasteiger charge is -2.28. The molecule has 1 aliphatic heterocycles. The second-order valence-corrected chi connectivity index (χ2v) is 11.3. The number of rotatable bonds is 1. The minimum atomic E-state index is 1.15. The van der Waals surface area contributed by atoms with Crippen molar-refractivity contribution >= 4 is 49.6 Å². The number of hydrogen-bond donors (Lipinski definition) is 0. The quantitative estimate of drug-likeness (QED) is 0.204. The fourth-order valence-corrected chi connectivity index (χ4v) is 7.53. The molecule has 0 atom stereocenters. The minimum absolute atomic E-state index is 1.15. The zero-order chi connectivity index (χ0) is 27.4. The largest absolute Gasteiger partial charge is 0.295 e. The number of para-hydroxylation sites is 2. The molecule has 2 aliphatic rings. The molecule has 1 aliphatic carbocycles. The Kier molecular flexibility index (Phi) is 4.21. The first-order valence-electron chi connectivity index (χ1n) is 14.5. The van der Waals surface area contributed by atoms with Gasteiger partial charge in [0.1, 0.15) is 5.82 Å². The summed E-state index contributed by atoms with van der Waals surface area (Å²) in [5.74, 6) is 1.15. The van der Waals surface area contributed by atoms with E-state index in [4.69, 9.17) is 0 Å². The van der Waals surface area contributed by atoms with Crippen molar-refractivity contribution < 1.29 is 0 Å². The Balaban J connectivity index is 1.39. The first kappa shape index (κ1) is 22.1. The van der Waals surface area contributed by atoms with E-state index in [2.05, 4.69) is 155 Å². The summed E-state index contributed by atoms with van der Waals surface area (Å²) < 4.78 is 2.46. The Morgan fingerprint density at radius 3 is 1.90 bits per heavy atom.